The van der Waals surface area contributed by atoms with Gasteiger partial charge in [0, 0.05) is 18.8 Å². The van der Waals surface area contributed by atoms with Crippen molar-refractivity contribution in [3.05, 3.63) is 42.2 Å². The molecule has 0 amide bonds. The summed E-state index contributed by atoms with van der Waals surface area (Å²) in [6, 6.07) is 4.11. The van der Waals surface area contributed by atoms with Crippen molar-refractivity contribution >= 4 is 11.7 Å². The van der Waals surface area contributed by atoms with E-state index in [0.717, 1.165) is 0 Å². The van der Waals surface area contributed by atoms with Crippen LogP contribution in [0, 0.1) is 5.82 Å². The van der Waals surface area contributed by atoms with Gasteiger partial charge >= 0.3 is 5.97 Å². The summed E-state index contributed by atoms with van der Waals surface area (Å²) in [4.78, 5) is 12.5. The normalized spacial score (nSPS) is 9.88. The zero-order valence-corrected chi connectivity index (χ0v) is 9.11. The van der Waals surface area contributed by atoms with Gasteiger partial charge in [0.05, 0.1) is 5.56 Å². The number of likely N-dealkylation sites (N-methyl/N-ethyl adjacent to an activating group) is 1. The summed E-state index contributed by atoms with van der Waals surface area (Å²) in [7, 11) is 0. The predicted octanol–water partition coefficient (Wildman–Crippen LogP) is 2.54. The van der Waals surface area contributed by atoms with Crippen molar-refractivity contribution < 1.29 is 14.3 Å². The standard InChI is InChI=1S/C12H14FNO2/c1-3-7-14(4-2)9-5-6-10(12(15)16)11(13)8-9/h3,5-6,8H,1,4,7H2,2H3,(H,15,16). The molecule has 0 radical (unpaired) electrons. The molecule has 0 atom stereocenters. The number of rotatable bonds is 5. The van der Waals surface area contributed by atoms with Crippen molar-refractivity contribution in [3.8, 4) is 0 Å². The minimum absolute atomic E-state index is 0.307. The van der Waals surface area contributed by atoms with E-state index in [0.29, 0.717) is 18.8 Å². The molecule has 0 unspecified atom stereocenters. The van der Waals surface area contributed by atoms with E-state index in [-0.39, 0.29) is 5.56 Å². The van der Waals surface area contributed by atoms with Crippen LogP contribution >= 0.6 is 0 Å². The van der Waals surface area contributed by atoms with Gasteiger partial charge in [0.15, 0.2) is 0 Å². The number of benzene rings is 1. The van der Waals surface area contributed by atoms with Crippen molar-refractivity contribution in [1.82, 2.24) is 0 Å². The van der Waals surface area contributed by atoms with Gasteiger partial charge in [-0.25, -0.2) is 9.18 Å². The Morgan fingerprint density at radius 2 is 2.31 bits per heavy atom. The smallest absolute Gasteiger partial charge is 0.338 e. The fourth-order valence-electron chi connectivity index (χ4n) is 1.45. The van der Waals surface area contributed by atoms with E-state index in [1.807, 2.05) is 11.8 Å². The van der Waals surface area contributed by atoms with Crippen molar-refractivity contribution in [2.45, 2.75) is 6.92 Å². The summed E-state index contributed by atoms with van der Waals surface area (Å²) in [6.45, 7) is 6.86. The Bertz CT molecular complexity index is 404. The third-order valence-electron chi connectivity index (χ3n) is 2.28. The molecular weight excluding hydrogens is 209 g/mol. The second-order valence-corrected chi connectivity index (χ2v) is 3.30. The lowest BCUT2D eigenvalue weighted by atomic mass is 10.2. The number of hydrogen-bond acceptors (Lipinski definition) is 2. The van der Waals surface area contributed by atoms with E-state index < -0.39 is 11.8 Å². The van der Waals surface area contributed by atoms with Crippen molar-refractivity contribution in [2.24, 2.45) is 0 Å². The van der Waals surface area contributed by atoms with Gasteiger partial charge in [-0.2, -0.15) is 0 Å². The summed E-state index contributed by atoms with van der Waals surface area (Å²) in [5, 5.41) is 8.69. The molecule has 0 spiro atoms. The lowest BCUT2D eigenvalue weighted by Crippen LogP contribution is -2.22. The Morgan fingerprint density at radius 1 is 1.62 bits per heavy atom. The Kier molecular flexibility index (Phi) is 4.05. The van der Waals surface area contributed by atoms with Gasteiger partial charge in [0.25, 0.3) is 0 Å². The molecule has 1 aromatic carbocycles. The van der Waals surface area contributed by atoms with Gasteiger partial charge < -0.3 is 10.0 Å². The average Bonchev–Trinajstić information content (AvgIpc) is 2.25. The molecule has 0 heterocycles. The lowest BCUT2D eigenvalue weighted by Gasteiger charge is -2.21. The van der Waals surface area contributed by atoms with Gasteiger partial charge in [-0.3, -0.25) is 0 Å². The second kappa shape index (κ2) is 5.30. The number of carboxylic acids is 1. The molecule has 0 aromatic heterocycles. The van der Waals surface area contributed by atoms with Crippen molar-refractivity contribution in [1.29, 1.82) is 0 Å². The van der Waals surface area contributed by atoms with Gasteiger partial charge in [0.1, 0.15) is 5.82 Å². The van der Waals surface area contributed by atoms with E-state index in [1.54, 1.807) is 12.1 Å². The van der Waals surface area contributed by atoms with Crippen molar-refractivity contribution in [2.75, 3.05) is 18.0 Å². The zero-order valence-electron chi connectivity index (χ0n) is 9.11. The molecule has 0 fully saturated rings. The summed E-state index contributed by atoms with van der Waals surface area (Å²) in [5.41, 5.74) is 0.350. The summed E-state index contributed by atoms with van der Waals surface area (Å²) in [5.74, 6) is -1.97. The highest BCUT2D eigenvalue weighted by atomic mass is 19.1. The SMILES string of the molecule is C=CCN(CC)c1ccc(C(=O)O)c(F)c1. The van der Waals surface area contributed by atoms with Gasteiger partial charge in [-0.1, -0.05) is 6.08 Å². The first-order chi connectivity index (χ1) is 7.60. The summed E-state index contributed by atoms with van der Waals surface area (Å²) >= 11 is 0. The van der Waals surface area contributed by atoms with E-state index in [2.05, 4.69) is 6.58 Å². The molecule has 4 heteroatoms. The summed E-state index contributed by atoms with van der Waals surface area (Å²) < 4.78 is 13.4. The van der Waals surface area contributed by atoms with Gasteiger partial charge in [-0.15, -0.1) is 6.58 Å². The van der Waals surface area contributed by atoms with Crippen LogP contribution in [0.2, 0.25) is 0 Å². The van der Waals surface area contributed by atoms with E-state index in [1.165, 1.54) is 12.1 Å². The highest BCUT2D eigenvalue weighted by Crippen LogP contribution is 2.18. The number of hydrogen-bond donors (Lipinski definition) is 1. The Morgan fingerprint density at radius 3 is 2.75 bits per heavy atom. The number of halogens is 1. The average molecular weight is 223 g/mol. The van der Waals surface area contributed by atoms with Crippen LogP contribution in [0.4, 0.5) is 10.1 Å². The molecule has 1 rings (SSSR count). The Hall–Kier alpha value is -1.84. The largest absolute Gasteiger partial charge is 0.478 e. The molecule has 86 valence electrons. The number of anilines is 1. The minimum atomic E-state index is -1.25. The molecule has 1 N–H and O–H groups in total. The fourth-order valence-corrected chi connectivity index (χ4v) is 1.45. The van der Waals surface area contributed by atoms with E-state index in [4.69, 9.17) is 5.11 Å². The minimum Gasteiger partial charge on any atom is -0.478 e. The molecule has 0 saturated carbocycles. The maximum Gasteiger partial charge on any atom is 0.338 e. The molecule has 1 aromatic rings. The highest BCUT2D eigenvalue weighted by Gasteiger charge is 2.12. The van der Waals surface area contributed by atoms with Gasteiger partial charge in [-0.05, 0) is 25.1 Å². The fraction of sp³-hybridized carbons (Fsp3) is 0.250. The van der Waals surface area contributed by atoms with E-state index >= 15 is 0 Å². The third kappa shape index (κ3) is 2.59. The van der Waals surface area contributed by atoms with E-state index in [9.17, 15) is 9.18 Å². The highest BCUT2D eigenvalue weighted by molar-refractivity contribution is 5.88. The maximum atomic E-state index is 13.4. The molecule has 0 aliphatic rings. The lowest BCUT2D eigenvalue weighted by molar-refractivity contribution is 0.0692. The quantitative estimate of drug-likeness (QED) is 0.780. The molecule has 0 saturated heterocycles. The second-order valence-electron chi connectivity index (χ2n) is 3.30. The maximum absolute atomic E-state index is 13.4. The van der Waals surface area contributed by atoms with Crippen LogP contribution < -0.4 is 4.90 Å². The zero-order chi connectivity index (χ0) is 12.1. The Balaban J connectivity index is 3.03. The number of carboxylic acid groups (broad SMARTS) is 1. The Labute approximate surface area is 93.8 Å². The van der Waals surface area contributed by atoms with Crippen LogP contribution in [0.3, 0.4) is 0 Å². The molecule has 0 aliphatic heterocycles. The number of aromatic carboxylic acids is 1. The molecule has 3 nitrogen and oxygen atoms in total. The summed E-state index contributed by atoms with van der Waals surface area (Å²) in [6.07, 6.45) is 1.71. The third-order valence-corrected chi connectivity index (χ3v) is 2.28. The number of carbonyl (C=O) groups is 1. The van der Waals surface area contributed by atoms with Crippen LogP contribution in [-0.2, 0) is 0 Å². The van der Waals surface area contributed by atoms with Crippen LogP contribution in [0.5, 0.6) is 0 Å². The molecule has 0 aliphatic carbocycles. The predicted molar refractivity (Wildman–Crippen MR) is 61.4 cm³/mol. The molecule has 0 bridgehead atoms. The van der Waals surface area contributed by atoms with Crippen LogP contribution in [0.25, 0.3) is 0 Å². The first kappa shape index (κ1) is 12.2. The van der Waals surface area contributed by atoms with Crippen molar-refractivity contribution in [3.63, 3.8) is 0 Å². The monoisotopic (exact) mass is 223 g/mol. The molecular formula is C12H14FNO2. The van der Waals surface area contributed by atoms with Crippen LogP contribution in [0.1, 0.15) is 17.3 Å². The topological polar surface area (TPSA) is 40.5 Å². The number of nitrogens with zero attached hydrogens (tertiary/aromatic N) is 1. The first-order valence-corrected chi connectivity index (χ1v) is 4.98. The van der Waals surface area contributed by atoms with Crippen LogP contribution in [-0.4, -0.2) is 24.2 Å². The molecule has 16 heavy (non-hydrogen) atoms. The van der Waals surface area contributed by atoms with Crippen LogP contribution in [0.15, 0.2) is 30.9 Å². The van der Waals surface area contributed by atoms with Gasteiger partial charge in [0.2, 0.25) is 0 Å². The first-order valence-electron chi connectivity index (χ1n) is 4.98.